The Morgan fingerprint density at radius 2 is 2.17 bits per heavy atom. The fourth-order valence-electron chi connectivity index (χ4n) is 0.989. The zero-order valence-electron chi connectivity index (χ0n) is 7.49. The zero-order valence-corrected chi connectivity index (χ0v) is 7.49. The first-order chi connectivity index (χ1) is 5.74. The van der Waals surface area contributed by atoms with E-state index in [1.807, 2.05) is 18.0 Å². The smallest absolute Gasteiger partial charge is 0.151 e. The first-order valence-electron chi connectivity index (χ1n) is 4.04. The molecule has 4 heteroatoms. The Kier molecular flexibility index (Phi) is 2.85. The molecule has 4 nitrogen and oxygen atoms in total. The van der Waals surface area contributed by atoms with Crippen LogP contribution in [0.5, 0.6) is 0 Å². The van der Waals surface area contributed by atoms with E-state index in [-0.39, 0.29) is 0 Å². The molecule has 0 radical (unpaired) electrons. The van der Waals surface area contributed by atoms with Crippen molar-refractivity contribution in [3.05, 3.63) is 12.1 Å². The minimum atomic E-state index is 0.462. The summed E-state index contributed by atoms with van der Waals surface area (Å²) in [6, 6.07) is 3.63. The van der Waals surface area contributed by atoms with Gasteiger partial charge in [-0.05, 0) is 18.6 Å². The van der Waals surface area contributed by atoms with E-state index in [1.54, 1.807) is 6.07 Å². The van der Waals surface area contributed by atoms with Gasteiger partial charge in [0.15, 0.2) is 5.82 Å². The largest absolute Gasteiger partial charge is 0.382 e. The van der Waals surface area contributed by atoms with Crippen LogP contribution >= 0.6 is 0 Å². The highest BCUT2D eigenvalue weighted by Crippen LogP contribution is 2.07. The van der Waals surface area contributed by atoms with Gasteiger partial charge in [0.2, 0.25) is 0 Å². The van der Waals surface area contributed by atoms with E-state index >= 15 is 0 Å². The molecule has 0 aromatic carbocycles. The van der Waals surface area contributed by atoms with Crippen LogP contribution in [0.1, 0.15) is 13.3 Å². The Balaban J connectivity index is 2.68. The molecule has 0 saturated heterocycles. The lowest BCUT2D eigenvalue weighted by atomic mass is 10.4. The molecule has 1 heterocycles. The Hall–Kier alpha value is -1.32. The zero-order chi connectivity index (χ0) is 8.97. The van der Waals surface area contributed by atoms with Crippen molar-refractivity contribution in [2.24, 2.45) is 0 Å². The van der Waals surface area contributed by atoms with E-state index in [2.05, 4.69) is 17.1 Å². The maximum absolute atomic E-state index is 5.41. The lowest BCUT2D eigenvalue weighted by Crippen LogP contribution is -2.19. The standard InChI is InChI=1S/C8H14N4/c1-3-6-12(2)8-5-4-7(9)10-11-8/h4-5H,3,6H2,1-2H3,(H2,9,10). The second-order valence-electron chi connectivity index (χ2n) is 2.74. The van der Waals surface area contributed by atoms with Gasteiger partial charge in [-0.2, -0.15) is 0 Å². The van der Waals surface area contributed by atoms with Gasteiger partial charge < -0.3 is 10.6 Å². The average molecular weight is 166 g/mol. The highest BCUT2D eigenvalue weighted by atomic mass is 15.3. The van der Waals surface area contributed by atoms with Gasteiger partial charge in [-0.3, -0.25) is 0 Å². The number of nitrogens with zero attached hydrogens (tertiary/aromatic N) is 3. The van der Waals surface area contributed by atoms with Gasteiger partial charge >= 0.3 is 0 Å². The molecule has 0 fully saturated rings. The maximum Gasteiger partial charge on any atom is 0.151 e. The van der Waals surface area contributed by atoms with Crippen molar-refractivity contribution in [1.82, 2.24) is 10.2 Å². The van der Waals surface area contributed by atoms with E-state index in [0.717, 1.165) is 18.8 Å². The minimum Gasteiger partial charge on any atom is -0.382 e. The summed E-state index contributed by atoms with van der Waals surface area (Å²) < 4.78 is 0. The van der Waals surface area contributed by atoms with Crippen molar-refractivity contribution in [3.63, 3.8) is 0 Å². The second-order valence-corrected chi connectivity index (χ2v) is 2.74. The van der Waals surface area contributed by atoms with Crippen molar-refractivity contribution < 1.29 is 0 Å². The van der Waals surface area contributed by atoms with Crippen LogP contribution in [0.25, 0.3) is 0 Å². The van der Waals surface area contributed by atoms with Crippen LogP contribution in [-0.4, -0.2) is 23.8 Å². The van der Waals surface area contributed by atoms with Crippen molar-refractivity contribution in [2.45, 2.75) is 13.3 Å². The van der Waals surface area contributed by atoms with Gasteiger partial charge in [0.25, 0.3) is 0 Å². The van der Waals surface area contributed by atoms with E-state index in [9.17, 15) is 0 Å². The third-order valence-electron chi connectivity index (χ3n) is 1.62. The summed E-state index contributed by atoms with van der Waals surface area (Å²) in [5.41, 5.74) is 5.41. The quantitative estimate of drug-likeness (QED) is 0.725. The molecular weight excluding hydrogens is 152 g/mol. The fraction of sp³-hybridized carbons (Fsp3) is 0.500. The molecule has 0 saturated carbocycles. The molecule has 1 aromatic rings. The normalized spacial score (nSPS) is 9.83. The third-order valence-corrected chi connectivity index (χ3v) is 1.62. The molecule has 66 valence electrons. The summed E-state index contributed by atoms with van der Waals surface area (Å²) in [7, 11) is 1.99. The topological polar surface area (TPSA) is 55.0 Å². The molecule has 0 unspecified atom stereocenters. The molecule has 12 heavy (non-hydrogen) atoms. The van der Waals surface area contributed by atoms with Crippen LogP contribution in [0.15, 0.2) is 12.1 Å². The Morgan fingerprint density at radius 3 is 2.67 bits per heavy atom. The van der Waals surface area contributed by atoms with Crippen LogP contribution in [-0.2, 0) is 0 Å². The van der Waals surface area contributed by atoms with Crippen LogP contribution in [0.4, 0.5) is 11.6 Å². The van der Waals surface area contributed by atoms with Gasteiger partial charge in [0, 0.05) is 13.6 Å². The lowest BCUT2D eigenvalue weighted by Gasteiger charge is -2.15. The molecule has 0 bridgehead atoms. The summed E-state index contributed by atoms with van der Waals surface area (Å²) in [5.74, 6) is 1.33. The number of aromatic nitrogens is 2. The number of hydrogen-bond acceptors (Lipinski definition) is 4. The molecule has 1 rings (SSSR count). The molecule has 0 aliphatic heterocycles. The van der Waals surface area contributed by atoms with E-state index in [1.165, 1.54) is 0 Å². The lowest BCUT2D eigenvalue weighted by molar-refractivity contribution is 0.823. The second kappa shape index (κ2) is 3.90. The van der Waals surface area contributed by atoms with Crippen molar-refractivity contribution in [2.75, 3.05) is 24.2 Å². The van der Waals surface area contributed by atoms with E-state index < -0.39 is 0 Å². The molecule has 0 amide bonds. The Bertz CT molecular complexity index is 231. The van der Waals surface area contributed by atoms with Gasteiger partial charge in [-0.1, -0.05) is 6.92 Å². The molecule has 0 spiro atoms. The molecule has 0 atom stereocenters. The van der Waals surface area contributed by atoms with Gasteiger partial charge in [-0.15, -0.1) is 10.2 Å². The number of hydrogen-bond donors (Lipinski definition) is 1. The maximum atomic E-state index is 5.41. The number of nitrogens with two attached hydrogens (primary N) is 1. The molecule has 0 aliphatic rings. The number of anilines is 2. The monoisotopic (exact) mass is 166 g/mol. The van der Waals surface area contributed by atoms with Gasteiger partial charge in [0.05, 0.1) is 0 Å². The van der Waals surface area contributed by atoms with E-state index in [4.69, 9.17) is 5.73 Å². The summed E-state index contributed by atoms with van der Waals surface area (Å²) in [4.78, 5) is 2.05. The first-order valence-corrected chi connectivity index (χ1v) is 4.04. The first kappa shape index (κ1) is 8.77. The van der Waals surface area contributed by atoms with Crippen molar-refractivity contribution in [1.29, 1.82) is 0 Å². The van der Waals surface area contributed by atoms with Crippen molar-refractivity contribution >= 4 is 11.6 Å². The fourth-order valence-corrected chi connectivity index (χ4v) is 0.989. The van der Waals surface area contributed by atoms with Crippen LogP contribution in [0.3, 0.4) is 0 Å². The van der Waals surface area contributed by atoms with Crippen LogP contribution in [0.2, 0.25) is 0 Å². The highest BCUT2D eigenvalue weighted by molar-refractivity contribution is 5.40. The molecular formula is C8H14N4. The minimum absolute atomic E-state index is 0.462. The SMILES string of the molecule is CCCN(C)c1ccc(N)nn1. The Morgan fingerprint density at radius 1 is 1.42 bits per heavy atom. The molecule has 0 aliphatic carbocycles. The Labute approximate surface area is 72.4 Å². The highest BCUT2D eigenvalue weighted by Gasteiger charge is 1.99. The van der Waals surface area contributed by atoms with Gasteiger partial charge in [-0.25, -0.2) is 0 Å². The summed E-state index contributed by atoms with van der Waals surface area (Å²) in [6.45, 7) is 3.11. The van der Waals surface area contributed by atoms with Crippen LogP contribution in [0, 0.1) is 0 Å². The van der Waals surface area contributed by atoms with Gasteiger partial charge in [0.1, 0.15) is 5.82 Å². The molecule has 2 N–H and O–H groups in total. The summed E-state index contributed by atoms with van der Waals surface area (Å²) in [6.07, 6.45) is 1.10. The third kappa shape index (κ3) is 2.08. The number of nitrogen functional groups attached to an aromatic ring is 1. The van der Waals surface area contributed by atoms with E-state index in [0.29, 0.717) is 5.82 Å². The summed E-state index contributed by atoms with van der Waals surface area (Å²) >= 11 is 0. The average Bonchev–Trinajstić information content (AvgIpc) is 2.06. The number of rotatable bonds is 3. The summed E-state index contributed by atoms with van der Waals surface area (Å²) in [5, 5.41) is 7.72. The predicted molar refractivity (Wildman–Crippen MR) is 50.0 cm³/mol. The molecule has 1 aromatic heterocycles. The predicted octanol–water partition coefficient (Wildman–Crippen LogP) is 0.905. The van der Waals surface area contributed by atoms with Crippen molar-refractivity contribution in [3.8, 4) is 0 Å². The van der Waals surface area contributed by atoms with Crippen LogP contribution < -0.4 is 10.6 Å².